The Morgan fingerprint density at radius 1 is 0.526 bits per heavy atom. The number of carbonyl (C=O) groups is 2. The van der Waals surface area contributed by atoms with Gasteiger partial charge in [0, 0.05) is 16.3 Å². The van der Waals surface area contributed by atoms with Gasteiger partial charge in [0.25, 0.3) is 11.8 Å². The number of amides is 2. The first-order valence-electron chi connectivity index (χ1n) is 12.7. The summed E-state index contributed by atoms with van der Waals surface area (Å²) in [4.78, 5) is 29.4. The number of nitrogens with zero attached hydrogens (tertiary/aromatic N) is 2. The zero-order valence-corrected chi connectivity index (χ0v) is 21.1. The van der Waals surface area contributed by atoms with Crippen LogP contribution in [0, 0.1) is 13.8 Å². The molecule has 0 saturated carbocycles. The van der Waals surface area contributed by atoms with Crippen molar-refractivity contribution >= 4 is 39.3 Å². The van der Waals surface area contributed by atoms with E-state index < -0.39 is 0 Å². The van der Waals surface area contributed by atoms with Crippen molar-refractivity contribution in [3.05, 3.63) is 131 Å². The highest BCUT2D eigenvalue weighted by Crippen LogP contribution is 2.40. The Kier molecular flexibility index (Phi) is 4.85. The summed E-state index contributed by atoms with van der Waals surface area (Å²) < 4.78 is 2.14. The molecule has 0 atom stereocenters. The fourth-order valence-corrected chi connectivity index (χ4v) is 5.70. The Labute approximate surface area is 220 Å². The summed E-state index contributed by atoms with van der Waals surface area (Å²) in [7, 11) is 0. The highest BCUT2D eigenvalue weighted by atomic mass is 16.2. The summed E-state index contributed by atoms with van der Waals surface area (Å²) in [5.41, 5.74) is 8.25. The smallest absolute Gasteiger partial charge is 0.268 e. The van der Waals surface area contributed by atoms with Crippen LogP contribution in [0.25, 0.3) is 38.6 Å². The molecule has 4 heteroatoms. The fraction of sp³-hybridized carbons (Fsp3) is 0.0588. The van der Waals surface area contributed by atoms with Gasteiger partial charge < -0.3 is 4.57 Å². The maximum atomic E-state index is 14.2. The lowest BCUT2D eigenvalue weighted by Crippen LogP contribution is -2.30. The molecule has 182 valence electrons. The molecule has 5 aromatic carbocycles. The lowest BCUT2D eigenvalue weighted by molar-refractivity contribution is 0.0926. The van der Waals surface area contributed by atoms with Crippen molar-refractivity contribution in [2.75, 3.05) is 4.90 Å². The number of hydrogen-bond acceptors (Lipinski definition) is 2. The molecule has 4 nitrogen and oxygen atoms in total. The molecule has 0 bridgehead atoms. The minimum absolute atomic E-state index is 0.302. The van der Waals surface area contributed by atoms with E-state index in [1.807, 2.05) is 66.7 Å². The summed E-state index contributed by atoms with van der Waals surface area (Å²) in [5.74, 6) is -0.609. The SMILES string of the molecule is Cc1ccc2c3ccc(C)cc3n(-c3cccc4c3C(=O)N(c3ccccc3-c3ccccc3)C4=O)c2c1. The Balaban J connectivity index is 1.48. The van der Waals surface area contributed by atoms with Crippen LogP contribution < -0.4 is 4.90 Å². The van der Waals surface area contributed by atoms with Crippen LogP contribution in [0.2, 0.25) is 0 Å². The largest absolute Gasteiger partial charge is 0.308 e. The van der Waals surface area contributed by atoms with Crippen molar-refractivity contribution < 1.29 is 9.59 Å². The van der Waals surface area contributed by atoms with Gasteiger partial charge in [-0.3, -0.25) is 9.59 Å². The van der Waals surface area contributed by atoms with Gasteiger partial charge in [0.15, 0.2) is 0 Å². The van der Waals surface area contributed by atoms with Gasteiger partial charge in [-0.2, -0.15) is 0 Å². The quantitative estimate of drug-likeness (QED) is 0.236. The highest BCUT2D eigenvalue weighted by molar-refractivity contribution is 6.36. The third-order valence-corrected chi connectivity index (χ3v) is 7.44. The first-order valence-corrected chi connectivity index (χ1v) is 12.7. The van der Waals surface area contributed by atoms with E-state index in [1.54, 1.807) is 6.07 Å². The Morgan fingerprint density at radius 3 is 1.79 bits per heavy atom. The molecule has 0 fully saturated rings. The zero-order chi connectivity index (χ0) is 26.0. The topological polar surface area (TPSA) is 42.3 Å². The lowest BCUT2D eigenvalue weighted by atomic mass is 10.0. The normalized spacial score (nSPS) is 13.1. The number of benzene rings is 5. The monoisotopic (exact) mass is 492 g/mol. The Hall–Kier alpha value is -4.96. The number of aromatic nitrogens is 1. The number of aryl methyl sites for hydroxylation is 2. The number of para-hydroxylation sites is 1. The minimum atomic E-state index is -0.306. The van der Waals surface area contributed by atoms with Crippen LogP contribution in [-0.2, 0) is 0 Å². The number of hydrogen-bond donors (Lipinski definition) is 0. The average molecular weight is 493 g/mol. The zero-order valence-electron chi connectivity index (χ0n) is 21.1. The second-order valence-electron chi connectivity index (χ2n) is 9.91. The van der Waals surface area contributed by atoms with Gasteiger partial charge in [0.2, 0.25) is 0 Å². The number of fused-ring (bicyclic) bond motifs is 4. The van der Waals surface area contributed by atoms with Crippen LogP contribution in [-0.4, -0.2) is 16.4 Å². The average Bonchev–Trinajstić information content (AvgIpc) is 3.39. The van der Waals surface area contributed by atoms with E-state index >= 15 is 0 Å². The van der Waals surface area contributed by atoms with E-state index in [2.05, 4.69) is 54.8 Å². The van der Waals surface area contributed by atoms with E-state index in [1.165, 1.54) is 4.90 Å². The molecule has 2 heterocycles. The highest BCUT2D eigenvalue weighted by Gasteiger charge is 2.40. The molecule has 0 unspecified atom stereocenters. The van der Waals surface area contributed by atoms with Crippen LogP contribution in [0.4, 0.5) is 5.69 Å². The number of rotatable bonds is 3. The number of imide groups is 1. The molecule has 1 aromatic heterocycles. The second kappa shape index (κ2) is 8.29. The predicted molar refractivity (Wildman–Crippen MR) is 153 cm³/mol. The van der Waals surface area contributed by atoms with Crippen molar-refractivity contribution in [1.82, 2.24) is 4.57 Å². The second-order valence-corrected chi connectivity index (χ2v) is 9.91. The minimum Gasteiger partial charge on any atom is -0.308 e. The summed E-state index contributed by atoms with van der Waals surface area (Å²) in [6.45, 7) is 4.14. The van der Waals surface area contributed by atoms with Gasteiger partial charge in [-0.05, 0) is 60.9 Å². The molecule has 6 aromatic rings. The maximum Gasteiger partial charge on any atom is 0.268 e. The van der Waals surface area contributed by atoms with Crippen LogP contribution in [0.5, 0.6) is 0 Å². The molecule has 2 amide bonds. The molecular weight excluding hydrogens is 468 g/mol. The summed E-state index contributed by atoms with van der Waals surface area (Å²) >= 11 is 0. The van der Waals surface area contributed by atoms with Gasteiger partial charge >= 0.3 is 0 Å². The first-order chi connectivity index (χ1) is 18.5. The van der Waals surface area contributed by atoms with E-state index in [0.29, 0.717) is 16.8 Å². The van der Waals surface area contributed by atoms with Gasteiger partial charge in [-0.1, -0.05) is 78.9 Å². The molecule has 38 heavy (non-hydrogen) atoms. The van der Waals surface area contributed by atoms with E-state index in [-0.39, 0.29) is 11.8 Å². The summed E-state index contributed by atoms with van der Waals surface area (Å²) in [6, 6.07) is 35.8. The third-order valence-electron chi connectivity index (χ3n) is 7.44. The molecule has 1 aliphatic rings. The molecular formula is C34H24N2O2. The molecule has 0 radical (unpaired) electrons. The van der Waals surface area contributed by atoms with Crippen LogP contribution in [0.1, 0.15) is 31.8 Å². The van der Waals surface area contributed by atoms with Gasteiger partial charge in [0.1, 0.15) is 0 Å². The molecule has 1 aliphatic heterocycles. The molecule has 0 aliphatic carbocycles. The third kappa shape index (κ3) is 3.17. The number of carbonyl (C=O) groups excluding carboxylic acids is 2. The van der Waals surface area contributed by atoms with Crippen LogP contribution in [0.15, 0.2) is 109 Å². The Morgan fingerprint density at radius 2 is 1.11 bits per heavy atom. The van der Waals surface area contributed by atoms with Crippen molar-refractivity contribution in [3.8, 4) is 16.8 Å². The molecule has 0 saturated heterocycles. The summed E-state index contributed by atoms with van der Waals surface area (Å²) in [6.07, 6.45) is 0. The Bertz CT molecular complexity index is 1870. The van der Waals surface area contributed by atoms with E-state index in [0.717, 1.165) is 49.7 Å². The van der Waals surface area contributed by atoms with Crippen LogP contribution >= 0.6 is 0 Å². The van der Waals surface area contributed by atoms with Gasteiger partial charge in [-0.15, -0.1) is 0 Å². The van der Waals surface area contributed by atoms with Gasteiger partial charge in [-0.25, -0.2) is 4.90 Å². The first kappa shape index (κ1) is 22.3. The van der Waals surface area contributed by atoms with Crippen LogP contribution in [0.3, 0.4) is 0 Å². The fourth-order valence-electron chi connectivity index (χ4n) is 5.70. The van der Waals surface area contributed by atoms with Crippen molar-refractivity contribution in [2.45, 2.75) is 13.8 Å². The lowest BCUT2D eigenvalue weighted by Gasteiger charge is -2.18. The number of anilines is 1. The van der Waals surface area contributed by atoms with Crippen molar-refractivity contribution in [2.24, 2.45) is 0 Å². The molecule has 7 rings (SSSR count). The molecule has 0 spiro atoms. The van der Waals surface area contributed by atoms with E-state index in [9.17, 15) is 9.59 Å². The van der Waals surface area contributed by atoms with Gasteiger partial charge in [0.05, 0.1) is 33.5 Å². The molecule has 0 N–H and O–H groups in total. The standard InChI is InChI=1S/C34H24N2O2/c1-21-15-17-25-26-18-16-22(2)20-31(26)35(30(25)19-21)29-14-8-12-27-32(29)34(38)36(33(27)37)28-13-7-6-11-24(28)23-9-4-3-5-10-23/h3-20H,1-2H3. The van der Waals surface area contributed by atoms with Crippen molar-refractivity contribution in [3.63, 3.8) is 0 Å². The maximum absolute atomic E-state index is 14.2. The summed E-state index contributed by atoms with van der Waals surface area (Å²) in [5, 5.41) is 2.23. The van der Waals surface area contributed by atoms with Crippen molar-refractivity contribution in [1.29, 1.82) is 0 Å². The van der Waals surface area contributed by atoms with E-state index in [4.69, 9.17) is 0 Å². The predicted octanol–water partition coefficient (Wildman–Crippen LogP) is 7.87.